The SMILES string of the molecule is CNc1ccc(OCCO)c(N)c1OC(N)c1cc(OC)ccc1N. The highest BCUT2D eigenvalue weighted by molar-refractivity contribution is 5.75. The molecule has 0 fully saturated rings. The van der Waals surface area contributed by atoms with E-state index in [9.17, 15) is 0 Å². The van der Waals surface area contributed by atoms with Crippen LogP contribution in [0.4, 0.5) is 17.1 Å². The van der Waals surface area contributed by atoms with Crippen LogP contribution in [0.5, 0.6) is 17.2 Å². The number of hydrogen-bond donors (Lipinski definition) is 5. The number of nitrogens with two attached hydrogens (primary N) is 3. The molecule has 136 valence electrons. The van der Waals surface area contributed by atoms with Gasteiger partial charge in [0.15, 0.2) is 12.0 Å². The van der Waals surface area contributed by atoms with Gasteiger partial charge in [-0.05, 0) is 30.3 Å². The average molecular weight is 348 g/mol. The van der Waals surface area contributed by atoms with Crippen LogP contribution in [0, 0.1) is 0 Å². The van der Waals surface area contributed by atoms with Gasteiger partial charge in [-0.25, -0.2) is 0 Å². The lowest BCUT2D eigenvalue weighted by atomic mass is 10.1. The smallest absolute Gasteiger partial charge is 0.176 e. The molecule has 8 N–H and O–H groups in total. The predicted octanol–water partition coefficient (Wildman–Crippen LogP) is 1.31. The van der Waals surface area contributed by atoms with Crippen LogP contribution < -0.4 is 36.7 Å². The topological polar surface area (TPSA) is 138 Å². The monoisotopic (exact) mass is 348 g/mol. The summed E-state index contributed by atoms with van der Waals surface area (Å²) in [5, 5.41) is 11.9. The fraction of sp³-hybridized carbons (Fsp3) is 0.294. The van der Waals surface area contributed by atoms with E-state index in [-0.39, 0.29) is 18.9 Å². The minimum Gasteiger partial charge on any atom is -0.497 e. The fourth-order valence-electron chi connectivity index (χ4n) is 2.30. The first-order valence-corrected chi connectivity index (χ1v) is 7.71. The summed E-state index contributed by atoms with van der Waals surface area (Å²) < 4.78 is 16.5. The van der Waals surface area contributed by atoms with Crippen molar-refractivity contribution >= 4 is 17.1 Å². The number of aliphatic hydroxyl groups is 1. The summed E-state index contributed by atoms with van der Waals surface area (Å²) in [6.45, 7) is 0.000688. The minimum atomic E-state index is -0.863. The first-order chi connectivity index (χ1) is 12.0. The van der Waals surface area contributed by atoms with Crippen LogP contribution in [0.25, 0.3) is 0 Å². The maximum absolute atomic E-state index is 8.91. The molecule has 0 saturated carbocycles. The molecule has 2 aromatic carbocycles. The number of aliphatic hydroxyl groups excluding tert-OH is 1. The third-order valence-electron chi connectivity index (χ3n) is 3.62. The Morgan fingerprint density at radius 3 is 2.60 bits per heavy atom. The van der Waals surface area contributed by atoms with Gasteiger partial charge in [-0.1, -0.05) is 0 Å². The second-order valence-corrected chi connectivity index (χ2v) is 5.21. The van der Waals surface area contributed by atoms with Crippen molar-refractivity contribution in [2.75, 3.05) is 44.2 Å². The van der Waals surface area contributed by atoms with Gasteiger partial charge in [-0.2, -0.15) is 0 Å². The Kier molecular flexibility index (Phi) is 6.15. The zero-order valence-electron chi connectivity index (χ0n) is 14.3. The van der Waals surface area contributed by atoms with E-state index < -0.39 is 6.23 Å². The van der Waals surface area contributed by atoms with Crippen molar-refractivity contribution in [3.8, 4) is 17.2 Å². The maximum atomic E-state index is 8.91. The van der Waals surface area contributed by atoms with Gasteiger partial charge in [0, 0.05) is 18.3 Å². The Hall–Kier alpha value is -2.84. The molecule has 25 heavy (non-hydrogen) atoms. The van der Waals surface area contributed by atoms with E-state index in [4.69, 9.17) is 36.5 Å². The molecule has 0 spiro atoms. The zero-order valence-corrected chi connectivity index (χ0v) is 14.3. The van der Waals surface area contributed by atoms with E-state index in [1.54, 1.807) is 44.5 Å². The summed E-state index contributed by atoms with van der Waals surface area (Å²) in [6, 6.07) is 8.58. The molecule has 1 unspecified atom stereocenters. The Balaban J connectivity index is 2.34. The number of benzene rings is 2. The molecule has 0 aliphatic heterocycles. The molecule has 0 radical (unpaired) electrons. The van der Waals surface area contributed by atoms with Gasteiger partial charge in [0.05, 0.1) is 19.4 Å². The van der Waals surface area contributed by atoms with Gasteiger partial charge in [0.1, 0.15) is 23.8 Å². The molecule has 0 aliphatic carbocycles. The van der Waals surface area contributed by atoms with E-state index in [0.29, 0.717) is 34.2 Å². The average Bonchev–Trinajstić information content (AvgIpc) is 2.62. The predicted molar refractivity (Wildman–Crippen MR) is 97.9 cm³/mol. The Morgan fingerprint density at radius 1 is 1.20 bits per heavy atom. The van der Waals surface area contributed by atoms with Gasteiger partial charge < -0.3 is 36.1 Å². The number of nitrogens with one attached hydrogen (secondary N) is 1. The zero-order chi connectivity index (χ0) is 18.4. The highest BCUT2D eigenvalue weighted by Crippen LogP contribution is 2.40. The molecule has 2 rings (SSSR count). The van der Waals surface area contributed by atoms with Crippen LogP contribution in [-0.4, -0.2) is 32.5 Å². The summed E-state index contributed by atoms with van der Waals surface area (Å²) in [5.74, 6) is 1.35. The lowest BCUT2D eigenvalue weighted by molar-refractivity contribution is 0.198. The summed E-state index contributed by atoms with van der Waals surface area (Å²) in [4.78, 5) is 0. The van der Waals surface area contributed by atoms with Crippen molar-refractivity contribution < 1.29 is 19.3 Å². The van der Waals surface area contributed by atoms with Crippen LogP contribution in [0.2, 0.25) is 0 Å². The second kappa shape index (κ2) is 8.32. The summed E-state index contributed by atoms with van der Waals surface area (Å²) in [6.07, 6.45) is -0.863. The molecular weight excluding hydrogens is 324 g/mol. The van der Waals surface area contributed by atoms with Gasteiger partial charge in [-0.3, -0.25) is 5.73 Å². The van der Waals surface area contributed by atoms with E-state index >= 15 is 0 Å². The number of rotatable bonds is 8. The normalized spacial score (nSPS) is 11.7. The Bertz CT molecular complexity index is 724. The first kappa shape index (κ1) is 18.5. The fourth-order valence-corrected chi connectivity index (χ4v) is 2.30. The molecule has 1 atom stereocenters. The quantitative estimate of drug-likeness (QED) is 0.355. The third kappa shape index (κ3) is 4.17. The molecule has 0 amide bonds. The molecule has 8 nitrogen and oxygen atoms in total. The van der Waals surface area contributed by atoms with Gasteiger partial charge in [0.25, 0.3) is 0 Å². The summed E-state index contributed by atoms with van der Waals surface area (Å²) in [7, 11) is 3.29. The summed E-state index contributed by atoms with van der Waals surface area (Å²) in [5.41, 5.74) is 20.3. The van der Waals surface area contributed by atoms with Crippen LogP contribution in [0.15, 0.2) is 30.3 Å². The molecular formula is C17H24N4O4. The number of hydrogen-bond acceptors (Lipinski definition) is 8. The second-order valence-electron chi connectivity index (χ2n) is 5.21. The molecule has 0 bridgehead atoms. The summed E-state index contributed by atoms with van der Waals surface area (Å²) >= 11 is 0. The van der Waals surface area contributed by atoms with Crippen molar-refractivity contribution in [2.45, 2.75) is 6.23 Å². The van der Waals surface area contributed by atoms with Crippen LogP contribution in [0.1, 0.15) is 11.8 Å². The molecule has 2 aromatic rings. The molecule has 0 heterocycles. The van der Waals surface area contributed by atoms with Crippen LogP contribution >= 0.6 is 0 Å². The lowest BCUT2D eigenvalue weighted by Gasteiger charge is -2.22. The van der Waals surface area contributed by atoms with Gasteiger partial charge in [-0.15, -0.1) is 0 Å². The van der Waals surface area contributed by atoms with Crippen molar-refractivity contribution in [3.05, 3.63) is 35.9 Å². The number of methoxy groups -OCH3 is 1. The largest absolute Gasteiger partial charge is 0.497 e. The van der Waals surface area contributed by atoms with E-state index in [1.165, 1.54) is 0 Å². The van der Waals surface area contributed by atoms with Crippen molar-refractivity contribution in [1.29, 1.82) is 0 Å². The van der Waals surface area contributed by atoms with E-state index in [0.717, 1.165) is 0 Å². The molecule has 0 aliphatic rings. The molecule has 0 saturated heterocycles. The highest BCUT2D eigenvalue weighted by Gasteiger charge is 2.19. The van der Waals surface area contributed by atoms with E-state index in [1.807, 2.05) is 0 Å². The first-order valence-electron chi connectivity index (χ1n) is 7.71. The highest BCUT2D eigenvalue weighted by atomic mass is 16.5. The third-order valence-corrected chi connectivity index (χ3v) is 3.62. The molecule has 8 heteroatoms. The molecule has 0 aromatic heterocycles. The van der Waals surface area contributed by atoms with Crippen molar-refractivity contribution in [1.82, 2.24) is 0 Å². The van der Waals surface area contributed by atoms with Crippen molar-refractivity contribution in [2.24, 2.45) is 5.73 Å². The lowest BCUT2D eigenvalue weighted by Crippen LogP contribution is -2.20. The maximum Gasteiger partial charge on any atom is 0.176 e. The van der Waals surface area contributed by atoms with Crippen LogP contribution in [-0.2, 0) is 0 Å². The number of ether oxygens (including phenoxy) is 3. The number of nitrogen functional groups attached to an aromatic ring is 2. The van der Waals surface area contributed by atoms with Crippen molar-refractivity contribution in [3.63, 3.8) is 0 Å². The van der Waals surface area contributed by atoms with Gasteiger partial charge >= 0.3 is 0 Å². The van der Waals surface area contributed by atoms with E-state index in [2.05, 4.69) is 5.32 Å². The Labute approximate surface area is 146 Å². The Morgan fingerprint density at radius 2 is 1.96 bits per heavy atom. The van der Waals surface area contributed by atoms with Crippen LogP contribution in [0.3, 0.4) is 0 Å². The standard InChI is InChI=1S/C17H24N4O4/c1-21-13-5-6-14(24-8-7-22)15(19)16(13)25-17(20)11-9-10(23-2)3-4-12(11)18/h3-6,9,17,21-22H,7-8,18-20H2,1-2H3. The number of anilines is 3. The van der Waals surface area contributed by atoms with Gasteiger partial charge in [0.2, 0.25) is 0 Å². The minimum absolute atomic E-state index is 0.122.